The highest BCUT2D eigenvalue weighted by molar-refractivity contribution is 6.03. The van der Waals surface area contributed by atoms with Gasteiger partial charge in [0.25, 0.3) is 5.91 Å². The summed E-state index contributed by atoms with van der Waals surface area (Å²) >= 11 is 0. The maximum absolute atomic E-state index is 12.7. The number of nitrogens with one attached hydrogen (secondary N) is 1. The van der Waals surface area contributed by atoms with Crippen LogP contribution in [-0.2, 0) is 22.6 Å². The Labute approximate surface area is 195 Å². The average molecular weight is 445 g/mol. The average Bonchev–Trinajstić information content (AvgIpc) is 3.13. The molecule has 172 valence electrons. The minimum absolute atomic E-state index is 0.0238. The van der Waals surface area contributed by atoms with Gasteiger partial charge in [-0.25, -0.2) is 0 Å². The lowest BCUT2D eigenvalue weighted by atomic mass is 9.95. The second-order valence-corrected chi connectivity index (χ2v) is 9.17. The Morgan fingerprint density at radius 3 is 2.61 bits per heavy atom. The normalized spacial score (nSPS) is 16.8. The first-order valence-corrected chi connectivity index (χ1v) is 11.9. The monoisotopic (exact) mass is 444 g/mol. The molecule has 0 spiro atoms. The van der Waals surface area contributed by atoms with Crippen LogP contribution in [-0.4, -0.2) is 34.4 Å². The summed E-state index contributed by atoms with van der Waals surface area (Å²) in [5.74, 6) is -0.642. The number of aryl methyl sites for hydroxylation is 1. The van der Waals surface area contributed by atoms with Gasteiger partial charge in [0.1, 0.15) is 11.6 Å². The number of benzene rings is 1. The standard InChI is InChI=1S/C27H32N4O2/c1-19-14-23(20(2)31(19)25-10-4-3-5-11-25)15-24(16-28)27(33)29-17-26(32)30-13-12-21-8-6-7-9-22(21)18-30/h6-9,14-15,25H,3-5,10-13,17-18H2,1-2H3,(H,29,33)/b24-15-. The topological polar surface area (TPSA) is 78.1 Å². The molecule has 2 heterocycles. The Kier molecular flexibility index (Phi) is 6.98. The molecule has 0 bridgehead atoms. The summed E-state index contributed by atoms with van der Waals surface area (Å²) in [6.45, 7) is 5.22. The third kappa shape index (κ3) is 5.03. The summed E-state index contributed by atoms with van der Waals surface area (Å²) in [6, 6.07) is 12.7. The molecular weight excluding hydrogens is 412 g/mol. The highest BCUT2D eigenvalue weighted by Gasteiger charge is 2.22. The number of hydrogen-bond acceptors (Lipinski definition) is 3. The van der Waals surface area contributed by atoms with Crippen LogP contribution in [0.5, 0.6) is 0 Å². The number of aromatic nitrogens is 1. The maximum atomic E-state index is 12.7. The predicted molar refractivity (Wildman–Crippen MR) is 128 cm³/mol. The molecule has 2 aromatic rings. The highest BCUT2D eigenvalue weighted by Crippen LogP contribution is 2.32. The minimum Gasteiger partial charge on any atom is -0.346 e. The Balaban J connectivity index is 1.40. The Morgan fingerprint density at radius 2 is 1.88 bits per heavy atom. The molecule has 1 N–H and O–H groups in total. The molecule has 0 saturated heterocycles. The van der Waals surface area contributed by atoms with Crippen molar-refractivity contribution in [2.45, 2.75) is 65.0 Å². The van der Waals surface area contributed by atoms with Crippen LogP contribution in [0.15, 0.2) is 35.9 Å². The second kappa shape index (κ2) is 10.1. The van der Waals surface area contributed by atoms with E-state index in [-0.39, 0.29) is 18.0 Å². The molecule has 2 aliphatic rings. The molecular formula is C27H32N4O2. The largest absolute Gasteiger partial charge is 0.346 e. The van der Waals surface area contributed by atoms with E-state index in [0.29, 0.717) is 19.1 Å². The maximum Gasteiger partial charge on any atom is 0.262 e. The molecule has 0 radical (unpaired) electrons. The van der Waals surface area contributed by atoms with Gasteiger partial charge in [-0.3, -0.25) is 9.59 Å². The lowest BCUT2D eigenvalue weighted by Gasteiger charge is -2.29. The van der Waals surface area contributed by atoms with Gasteiger partial charge < -0.3 is 14.8 Å². The van der Waals surface area contributed by atoms with Crippen molar-refractivity contribution in [3.63, 3.8) is 0 Å². The van der Waals surface area contributed by atoms with Crippen LogP contribution < -0.4 is 5.32 Å². The van der Waals surface area contributed by atoms with Crippen LogP contribution >= 0.6 is 0 Å². The molecule has 6 nitrogen and oxygen atoms in total. The van der Waals surface area contributed by atoms with Gasteiger partial charge in [-0.2, -0.15) is 5.26 Å². The molecule has 0 unspecified atom stereocenters. The first-order valence-electron chi connectivity index (χ1n) is 11.9. The van der Waals surface area contributed by atoms with E-state index in [1.165, 1.54) is 37.7 Å². The SMILES string of the molecule is Cc1cc(/C=C(/C#N)C(=O)NCC(=O)N2CCc3ccccc3C2)c(C)n1C1CCCCC1. The van der Waals surface area contributed by atoms with Crippen molar-refractivity contribution in [3.05, 3.63) is 64.0 Å². The van der Waals surface area contributed by atoms with Gasteiger partial charge >= 0.3 is 0 Å². The quantitative estimate of drug-likeness (QED) is 0.554. The fourth-order valence-corrected chi connectivity index (χ4v) is 5.23. The Hall–Kier alpha value is -3.33. The molecule has 1 fully saturated rings. The van der Waals surface area contributed by atoms with Crippen LogP contribution in [0.2, 0.25) is 0 Å². The minimum atomic E-state index is -0.509. The van der Waals surface area contributed by atoms with Gasteiger partial charge in [0.05, 0.1) is 6.54 Å². The van der Waals surface area contributed by atoms with Crippen molar-refractivity contribution in [3.8, 4) is 6.07 Å². The zero-order chi connectivity index (χ0) is 23.4. The number of rotatable bonds is 5. The molecule has 1 aromatic heterocycles. The summed E-state index contributed by atoms with van der Waals surface area (Å²) in [4.78, 5) is 27.1. The Morgan fingerprint density at radius 1 is 1.15 bits per heavy atom. The van der Waals surface area contributed by atoms with Crippen LogP contribution in [0.1, 0.15) is 66.2 Å². The van der Waals surface area contributed by atoms with E-state index in [9.17, 15) is 14.9 Å². The fourth-order valence-electron chi connectivity index (χ4n) is 5.23. The van der Waals surface area contributed by atoms with Gasteiger partial charge in [0.15, 0.2) is 0 Å². The van der Waals surface area contributed by atoms with E-state index in [1.807, 2.05) is 30.3 Å². The summed E-state index contributed by atoms with van der Waals surface area (Å²) < 4.78 is 2.36. The van der Waals surface area contributed by atoms with E-state index < -0.39 is 5.91 Å². The lowest BCUT2D eigenvalue weighted by Crippen LogP contribution is -2.42. The first kappa shape index (κ1) is 22.8. The molecule has 2 amide bonds. The van der Waals surface area contributed by atoms with Gasteiger partial charge in [0, 0.05) is 30.5 Å². The van der Waals surface area contributed by atoms with Crippen molar-refractivity contribution >= 4 is 17.9 Å². The van der Waals surface area contributed by atoms with Gasteiger partial charge in [-0.15, -0.1) is 0 Å². The molecule has 1 saturated carbocycles. The lowest BCUT2D eigenvalue weighted by molar-refractivity contribution is -0.132. The number of carbonyl (C=O) groups excluding carboxylic acids is 2. The van der Waals surface area contributed by atoms with Crippen LogP contribution in [0.4, 0.5) is 0 Å². The summed E-state index contributed by atoms with van der Waals surface area (Å²) in [7, 11) is 0. The van der Waals surface area contributed by atoms with Crippen LogP contribution in [0.3, 0.4) is 0 Å². The van der Waals surface area contributed by atoms with E-state index in [0.717, 1.165) is 28.9 Å². The van der Waals surface area contributed by atoms with Crippen molar-refractivity contribution in [1.82, 2.24) is 14.8 Å². The van der Waals surface area contributed by atoms with E-state index >= 15 is 0 Å². The summed E-state index contributed by atoms with van der Waals surface area (Å²) in [6.07, 6.45) is 8.60. The molecule has 4 rings (SSSR count). The third-order valence-corrected chi connectivity index (χ3v) is 7.01. The highest BCUT2D eigenvalue weighted by atomic mass is 16.2. The van der Waals surface area contributed by atoms with Crippen molar-refractivity contribution in [2.24, 2.45) is 0 Å². The molecule has 0 atom stereocenters. The predicted octanol–water partition coefficient (Wildman–Crippen LogP) is 4.22. The first-order chi connectivity index (χ1) is 16.0. The fraction of sp³-hybridized carbons (Fsp3) is 0.444. The third-order valence-electron chi connectivity index (χ3n) is 7.01. The van der Waals surface area contributed by atoms with E-state index in [2.05, 4.69) is 29.8 Å². The summed E-state index contributed by atoms with van der Waals surface area (Å²) in [5, 5.41) is 12.3. The van der Waals surface area contributed by atoms with E-state index in [4.69, 9.17) is 0 Å². The summed E-state index contributed by atoms with van der Waals surface area (Å²) in [5.41, 5.74) is 5.58. The second-order valence-electron chi connectivity index (χ2n) is 9.17. The number of carbonyl (C=O) groups is 2. The van der Waals surface area contributed by atoms with Crippen molar-refractivity contribution < 1.29 is 9.59 Å². The molecule has 6 heteroatoms. The molecule has 1 aliphatic heterocycles. The van der Waals surface area contributed by atoms with Gasteiger partial charge in [-0.1, -0.05) is 43.5 Å². The number of fused-ring (bicyclic) bond motifs is 1. The van der Waals surface area contributed by atoms with Gasteiger partial charge in [0.2, 0.25) is 5.91 Å². The van der Waals surface area contributed by atoms with Crippen LogP contribution in [0, 0.1) is 25.2 Å². The number of nitrogens with zero attached hydrogens (tertiary/aromatic N) is 3. The molecule has 33 heavy (non-hydrogen) atoms. The van der Waals surface area contributed by atoms with Crippen molar-refractivity contribution in [1.29, 1.82) is 5.26 Å². The van der Waals surface area contributed by atoms with Crippen LogP contribution in [0.25, 0.3) is 6.08 Å². The smallest absolute Gasteiger partial charge is 0.262 e. The number of nitriles is 1. The zero-order valence-corrected chi connectivity index (χ0v) is 19.6. The number of hydrogen-bond donors (Lipinski definition) is 1. The molecule has 1 aliphatic carbocycles. The molecule has 1 aromatic carbocycles. The zero-order valence-electron chi connectivity index (χ0n) is 19.6. The van der Waals surface area contributed by atoms with Gasteiger partial charge in [-0.05, 0) is 61.9 Å². The van der Waals surface area contributed by atoms with Crippen molar-refractivity contribution in [2.75, 3.05) is 13.1 Å². The Bertz CT molecular complexity index is 1120. The van der Waals surface area contributed by atoms with E-state index in [1.54, 1.807) is 11.0 Å². The number of amides is 2.